The van der Waals surface area contributed by atoms with E-state index in [1.54, 1.807) is 19.4 Å². The van der Waals surface area contributed by atoms with Gasteiger partial charge >= 0.3 is 5.76 Å². The number of methoxy groups -OCH3 is 1. The van der Waals surface area contributed by atoms with Crippen LogP contribution in [0, 0.1) is 0 Å². The summed E-state index contributed by atoms with van der Waals surface area (Å²) < 4.78 is 22.3. The Kier molecular flexibility index (Phi) is 6.57. The topological polar surface area (TPSA) is 62.8 Å². The number of hydrogen-bond acceptors (Lipinski definition) is 5. The molecule has 6 nitrogen and oxygen atoms in total. The highest BCUT2D eigenvalue weighted by Crippen LogP contribution is 2.33. The Balaban J connectivity index is 2.28. The molecule has 0 atom stereocenters. The van der Waals surface area contributed by atoms with Crippen LogP contribution in [0.1, 0.15) is 26.5 Å². The molecule has 0 fully saturated rings. The van der Waals surface area contributed by atoms with Gasteiger partial charge in [-0.3, -0.25) is 0 Å². The van der Waals surface area contributed by atoms with Crippen LogP contribution in [0.3, 0.4) is 0 Å². The van der Waals surface area contributed by atoms with Crippen molar-refractivity contribution in [1.82, 2.24) is 4.57 Å². The standard InChI is InChI=1S/C17H21Cl2NO5/c1-17(2,3)15-9-20(16(21)25-15)13-8-14(12(19)7-11(13)18)24-10-23-6-5-22-4/h7-9H,5-6,10H2,1-4H3. The molecule has 0 amide bonds. The molecule has 0 spiro atoms. The van der Waals surface area contributed by atoms with Crippen LogP contribution in [0.15, 0.2) is 27.5 Å². The Morgan fingerprint density at radius 3 is 2.48 bits per heavy atom. The third-order valence-corrected chi connectivity index (χ3v) is 3.97. The zero-order valence-electron chi connectivity index (χ0n) is 14.6. The van der Waals surface area contributed by atoms with Crippen molar-refractivity contribution in [2.24, 2.45) is 0 Å². The first-order valence-electron chi connectivity index (χ1n) is 7.66. The maximum Gasteiger partial charge on any atom is 0.423 e. The molecule has 8 heteroatoms. The van der Waals surface area contributed by atoms with Gasteiger partial charge in [-0.05, 0) is 6.07 Å². The summed E-state index contributed by atoms with van der Waals surface area (Å²) in [5.41, 5.74) is 0.111. The van der Waals surface area contributed by atoms with E-state index in [0.717, 1.165) is 0 Å². The average Bonchev–Trinajstić information content (AvgIpc) is 2.91. The Morgan fingerprint density at radius 1 is 1.16 bits per heavy atom. The van der Waals surface area contributed by atoms with E-state index in [-0.39, 0.29) is 12.2 Å². The van der Waals surface area contributed by atoms with Crippen LogP contribution in [0.4, 0.5) is 0 Å². The molecule has 2 rings (SSSR count). The van der Waals surface area contributed by atoms with Crippen LogP contribution in [0.5, 0.6) is 5.75 Å². The molecule has 1 heterocycles. The first-order chi connectivity index (χ1) is 11.7. The molecule has 0 aliphatic rings. The third kappa shape index (κ3) is 5.01. The predicted octanol–water partition coefficient (Wildman–Crippen LogP) is 4.03. The molecule has 0 saturated heterocycles. The average molecular weight is 390 g/mol. The Labute approximate surface area is 156 Å². The lowest BCUT2D eigenvalue weighted by Gasteiger charge is -2.13. The molecule has 138 valence electrons. The van der Waals surface area contributed by atoms with Crippen molar-refractivity contribution in [1.29, 1.82) is 0 Å². The fraction of sp³-hybridized carbons (Fsp3) is 0.471. The second-order valence-corrected chi connectivity index (χ2v) is 7.19. The fourth-order valence-corrected chi connectivity index (χ4v) is 2.50. The van der Waals surface area contributed by atoms with Crippen LogP contribution < -0.4 is 10.5 Å². The minimum Gasteiger partial charge on any atom is -0.466 e. The third-order valence-electron chi connectivity index (χ3n) is 3.37. The molecule has 0 aliphatic carbocycles. The lowest BCUT2D eigenvalue weighted by Crippen LogP contribution is -2.12. The molecule has 1 aromatic carbocycles. The van der Waals surface area contributed by atoms with E-state index in [1.165, 1.54) is 10.6 Å². The first-order valence-corrected chi connectivity index (χ1v) is 8.41. The van der Waals surface area contributed by atoms with Crippen LogP contribution in [-0.4, -0.2) is 31.7 Å². The lowest BCUT2D eigenvalue weighted by molar-refractivity contribution is -0.00842. The van der Waals surface area contributed by atoms with Crippen molar-refractivity contribution >= 4 is 23.2 Å². The summed E-state index contributed by atoms with van der Waals surface area (Å²) in [6.45, 7) is 6.70. The van der Waals surface area contributed by atoms with E-state index in [0.29, 0.717) is 40.5 Å². The number of ether oxygens (including phenoxy) is 3. The number of rotatable bonds is 7. The van der Waals surface area contributed by atoms with Gasteiger partial charge in [0.05, 0.1) is 35.1 Å². The zero-order valence-corrected chi connectivity index (χ0v) is 16.1. The molecule has 1 aromatic heterocycles. The van der Waals surface area contributed by atoms with Crippen molar-refractivity contribution in [3.8, 4) is 11.4 Å². The molecular weight excluding hydrogens is 369 g/mol. The summed E-state index contributed by atoms with van der Waals surface area (Å²) in [4.78, 5) is 12.2. The minimum atomic E-state index is -0.531. The van der Waals surface area contributed by atoms with Crippen molar-refractivity contribution < 1.29 is 18.6 Å². The first kappa shape index (κ1) is 19.8. The van der Waals surface area contributed by atoms with Crippen LogP contribution in [-0.2, 0) is 14.9 Å². The van der Waals surface area contributed by atoms with Crippen molar-refractivity contribution in [3.05, 3.63) is 44.7 Å². The number of nitrogens with zero attached hydrogens (tertiary/aromatic N) is 1. The number of oxazole rings is 1. The van der Waals surface area contributed by atoms with E-state index in [4.69, 9.17) is 41.8 Å². The van der Waals surface area contributed by atoms with Gasteiger partial charge < -0.3 is 18.6 Å². The molecule has 0 radical (unpaired) electrons. The van der Waals surface area contributed by atoms with Gasteiger partial charge in [-0.15, -0.1) is 0 Å². The summed E-state index contributed by atoms with van der Waals surface area (Å²) in [6.07, 6.45) is 1.62. The maximum atomic E-state index is 12.2. The van der Waals surface area contributed by atoms with E-state index >= 15 is 0 Å². The molecule has 25 heavy (non-hydrogen) atoms. The highest BCUT2D eigenvalue weighted by Gasteiger charge is 2.22. The Bertz CT molecular complexity index is 776. The quantitative estimate of drug-likeness (QED) is 0.528. The van der Waals surface area contributed by atoms with Gasteiger partial charge in [-0.1, -0.05) is 44.0 Å². The Hall–Kier alpha value is -1.47. The van der Waals surface area contributed by atoms with Crippen LogP contribution in [0.25, 0.3) is 5.69 Å². The largest absolute Gasteiger partial charge is 0.466 e. The summed E-state index contributed by atoms with van der Waals surface area (Å²) in [6, 6.07) is 3.09. The van der Waals surface area contributed by atoms with E-state index in [2.05, 4.69) is 0 Å². The van der Waals surface area contributed by atoms with E-state index in [1.807, 2.05) is 20.8 Å². The smallest absolute Gasteiger partial charge is 0.423 e. The second kappa shape index (κ2) is 8.27. The number of benzene rings is 1. The molecule has 0 saturated carbocycles. The van der Waals surface area contributed by atoms with Crippen LogP contribution >= 0.6 is 23.2 Å². The summed E-state index contributed by atoms with van der Waals surface area (Å²) in [5.74, 6) is 0.370. The van der Waals surface area contributed by atoms with Gasteiger partial charge in [0.1, 0.15) is 11.5 Å². The van der Waals surface area contributed by atoms with E-state index < -0.39 is 5.76 Å². The molecule has 0 aliphatic heterocycles. The van der Waals surface area contributed by atoms with Gasteiger partial charge in [-0.25, -0.2) is 9.36 Å². The maximum absolute atomic E-state index is 12.2. The molecule has 2 aromatic rings. The SMILES string of the molecule is COCCOCOc1cc(-n2cc(C(C)(C)C)oc2=O)c(Cl)cc1Cl. The Morgan fingerprint density at radius 2 is 1.88 bits per heavy atom. The fourth-order valence-electron chi connectivity index (χ4n) is 1.97. The van der Waals surface area contributed by atoms with Gasteiger partial charge in [0.25, 0.3) is 0 Å². The van der Waals surface area contributed by atoms with Gasteiger partial charge in [0.15, 0.2) is 6.79 Å². The lowest BCUT2D eigenvalue weighted by atomic mass is 9.94. The van der Waals surface area contributed by atoms with Crippen molar-refractivity contribution in [2.75, 3.05) is 27.1 Å². The highest BCUT2D eigenvalue weighted by molar-refractivity contribution is 6.36. The minimum absolute atomic E-state index is 0.00230. The number of halogens is 2. The highest BCUT2D eigenvalue weighted by atomic mass is 35.5. The van der Waals surface area contributed by atoms with Crippen LogP contribution in [0.2, 0.25) is 10.0 Å². The molecule has 0 N–H and O–H groups in total. The predicted molar refractivity (Wildman–Crippen MR) is 96.3 cm³/mol. The van der Waals surface area contributed by atoms with Gasteiger partial charge in [-0.2, -0.15) is 0 Å². The molecule has 0 bridgehead atoms. The number of aromatic nitrogens is 1. The second-order valence-electron chi connectivity index (χ2n) is 6.38. The summed E-state index contributed by atoms with van der Waals surface area (Å²) >= 11 is 12.4. The summed E-state index contributed by atoms with van der Waals surface area (Å²) in [5, 5.41) is 0.623. The van der Waals surface area contributed by atoms with Gasteiger partial charge in [0, 0.05) is 18.6 Å². The van der Waals surface area contributed by atoms with Crippen molar-refractivity contribution in [2.45, 2.75) is 26.2 Å². The van der Waals surface area contributed by atoms with Crippen molar-refractivity contribution in [3.63, 3.8) is 0 Å². The summed E-state index contributed by atoms with van der Waals surface area (Å²) in [7, 11) is 1.58. The zero-order chi connectivity index (χ0) is 18.6. The normalized spacial score (nSPS) is 11.8. The monoisotopic (exact) mass is 389 g/mol. The molecular formula is C17H21Cl2NO5. The molecule has 0 unspecified atom stereocenters. The number of hydrogen-bond donors (Lipinski definition) is 0. The van der Waals surface area contributed by atoms with Gasteiger partial charge in [0.2, 0.25) is 0 Å². The van der Waals surface area contributed by atoms with E-state index in [9.17, 15) is 4.79 Å².